The number of piperidine rings is 1. The van der Waals surface area contributed by atoms with Crippen molar-refractivity contribution in [2.45, 2.75) is 39.2 Å². The highest BCUT2D eigenvalue weighted by Gasteiger charge is 2.28. The van der Waals surface area contributed by atoms with Gasteiger partial charge in [0.15, 0.2) is 11.5 Å². The minimum absolute atomic E-state index is 0.0368. The van der Waals surface area contributed by atoms with Crippen LogP contribution in [-0.2, 0) is 11.3 Å². The zero-order chi connectivity index (χ0) is 22.4. The van der Waals surface area contributed by atoms with Crippen molar-refractivity contribution in [2.24, 2.45) is 5.92 Å². The van der Waals surface area contributed by atoms with Gasteiger partial charge in [0, 0.05) is 25.6 Å². The van der Waals surface area contributed by atoms with Gasteiger partial charge in [-0.1, -0.05) is 38.1 Å². The highest BCUT2D eigenvalue weighted by Crippen LogP contribution is 2.28. The summed E-state index contributed by atoms with van der Waals surface area (Å²) in [4.78, 5) is 26.8. The number of phenols is 1. The summed E-state index contributed by atoms with van der Waals surface area (Å²) in [6.45, 7) is 5.43. The van der Waals surface area contributed by atoms with E-state index in [1.54, 1.807) is 23.1 Å². The fraction of sp³-hybridized carbons (Fsp3) is 0.417. The number of amides is 2. The summed E-state index contributed by atoms with van der Waals surface area (Å²) in [6, 6.07) is 12.6. The van der Waals surface area contributed by atoms with Crippen molar-refractivity contribution in [1.29, 1.82) is 0 Å². The number of carbonyl (C=O) groups is 2. The number of para-hydroxylation sites is 1. The van der Waals surface area contributed by atoms with Crippen LogP contribution in [0.5, 0.6) is 17.2 Å². The second-order valence-electron chi connectivity index (χ2n) is 8.05. The van der Waals surface area contributed by atoms with E-state index in [0.29, 0.717) is 44.0 Å². The second kappa shape index (κ2) is 10.2. The van der Waals surface area contributed by atoms with E-state index >= 15 is 0 Å². The van der Waals surface area contributed by atoms with Crippen molar-refractivity contribution in [3.05, 3.63) is 53.6 Å². The summed E-state index contributed by atoms with van der Waals surface area (Å²) in [5, 5.41) is 12.6. The maximum atomic E-state index is 12.6. The molecule has 0 aliphatic carbocycles. The van der Waals surface area contributed by atoms with E-state index in [4.69, 9.17) is 9.47 Å². The fourth-order valence-corrected chi connectivity index (χ4v) is 3.70. The van der Waals surface area contributed by atoms with Crippen molar-refractivity contribution < 1.29 is 24.2 Å². The number of hydrogen-bond donors (Lipinski definition) is 2. The number of nitrogens with one attached hydrogen (secondary N) is 1. The Kier molecular flexibility index (Phi) is 7.39. The lowest BCUT2D eigenvalue weighted by Crippen LogP contribution is -2.44. The Morgan fingerprint density at radius 2 is 1.84 bits per heavy atom. The van der Waals surface area contributed by atoms with Crippen molar-refractivity contribution in [2.75, 3.05) is 20.2 Å². The number of methoxy groups -OCH3 is 1. The van der Waals surface area contributed by atoms with Gasteiger partial charge in [0.2, 0.25) is 5.91 Å². The molecule has 7 nitrogen and oxygen atoms in total. The lowest BCUT2D eigenvalue weighted by Gasteiger charge is -2.30. The summed E-state index contributed by atoms with van der Waals surface area (Å²) in [7, 11) is 1.48. The number of rotatable bonds is 6. The highest BCUT2D eigenvalue weighted by atomic mass is 16.6. The van der Waals surface area contributed by atoms with Crippen LogP contribution < -0.4 is 14.8 Å². The molecule has 7 heteroatoms. The Balaban J connectivity index is 1.49. The standard InChI is InChI=1S/C24H30N2O5/c1-16(2)19-6-4-5-7-21(19)31-24(29)26-12-10-18(11-13-26)23(28)25-15-17-8-9-20(27)22(14-17)30-3/h4-9,14,16,18,27H,10-13,15H2,1-3H3,(H,25,28). The summed E-state index contributed by atoms with van der Waals surface area (Å²) < 4.78 is 10.7. The molecule has 3 rings (SSSR count). The predicted molar refractivity (Wildman–Crippen MR) is 117 cm³/mol. The van der Waals surface area contributed by atoms with Gasteiger partial charge in [0.25, 0.3) is 0 Å². The third-order valence-corrected chi connectivity index (χ3v) is 5.57. The van der Waals surface area contributed by atoms with Gasteiger partial charge in [-0.15, -0.1) is 0 Å². The molecule has 166 valence electrons. The zero-order valence-electron chi connectivity index (χ0n) is 18.3. The smallest absolute Gasteiger partial charge is 0.415 e. The molecule has 0 saturated carbocycles. The fourth-order valence-electron chi connectivity index (χ4n) is 3.70. The number of aromatic hydroxyl groups is 1. The topological polar surface area (TPSA) is 88.1 Å². The van der Waals surface area contributed by atoms with Crippen molar-refractivity contribution in [3.63, 3.8) is 0 Å². The van der Waals surface area contributed by atoms with Crippen LogP contribution in [-0.4, -0.2) is 42.2 Å². The normalized spacial score (nSPS) is 14.4. The van der Waals surface area contributed by atoms with E-state index in [-0.39, 0.29) is 29.6 Å². The summed E-state index contributed by atoms with van der Waals surface area (Å²) in [5.74, 6) is 1.10. The molecule has 1 heterocycles. The largest absolute Gasteiger partial charge is 0.504 e. The number of nitrogens with zero attached hydrogens (tertiary/aromatic N) is 1. The molecule has 0 radical (unpaired) electrons. The zero-order valence-corrected chi connectivity index (χ0v) is 18.3. The van der Waals surface area contributed by atoms with Gasteiger partial charge in [-0.25, -0.2) is 4.79 Å². The van der Waals surface area contributed by atoms with Gasteiger partial charge in [-0.05, 0) is 48.1 Å². The molecular weight excluding hydrogens is 396 g/mol. The number of phenolic OH excluding ortho intramolecular Hbond substituents is 1. The Morgan fingerprint density at radius 3 is 2.52 bits per heavy atom. The van der Waals surface area contributed by atoms with Crippen molar-refractivity contribution in [3.8, 4) is 17.2 Å². The van der Waals surface area contributed by atoms with Crippen LogP contribution in [0, 0.1) is 5.92 Å². The molecule has 1 fully saturated rings. The molecule has 31 heavy (non-hydrogen) atoms. The summed E-state index contributed by atoms with van der Waals surface area (Å²) >= 11 is 0. The van der Waals surface area contributed by atoms with E-state index in [1.807, 2.05) is 24.3 Å². The Morgan fingerprint density at radius 1 is 1.13 bits per heavy atom. The van der Waals surface area contributed by atoms with Crippen LogP contribution in [0.4, 0.5) is 4.79 Å². The number of likely N-dealkylation sites (tertiary alicyclic amines) is 1. The molecule has 0 spiro atoms. The molecule has 0 aromatic heterocycles. The third-order valence-electron chi connectivity index (χ3n) is 5.57. The highest BCUT2D eigenvalue weighted by molar-refractivity contribution is 5.79. The van der Waals surface area contributed by atoms with Gasteiger partial charge >= 0.3 is 6.09 Å². The maximum Gasteiger partial charge on any atom is 0.415 e. The van der Waals surface area contributed by atoms with Crippen LogP contribution in [0.2, 0.25) is 0 Å². The van der Waals surface area contributed by atoms with Crippen LogP contribution in [0.25, 0.3) is 0 Å². The van der Waals surface area contributed by atoms with Gasteiger partial charge in [0.1, 0.15) is 5.75 Å². The molecule has 2 amide bonds. The molecule has 2 aromatic carbocycles. The van der Waals surface area contributed by atoms with Crippen LogP contribution in [0.15, 0.2) is 42.5 Å². The third kappa shape index (κ3) is 5.69. The molecule has 0 atom stereocenters. The SMILES string of the molecule is COc1cc(CNC(=O)C2CCN(C(=O)Oc3ccccc3C(C)C)CC2)ccc1O. The average molecular weight is 427 g/mol. The Hall–Kier alpha value is -3.22. The molecule has 0 bridgehead atoms. The number of benzene rings is 2. The summed E-state index contributed by atoms with van der Waals surface area (Å²) in [5.41, 5.74) is 1.84. The van der Waals surface area contributed by atoms with Crippen molar-refractivity contribution in [1.82, 2.24) is 10.2 Å². The lowest BCUT2D eigenvalue weighted by atomic mass is 9.96. The van der Waals surface area contributed by atoms with Crippen LogP contribution in [0.3, 0.4) is 0 Å². The van der Waals surface area contributed by atoms with E-state index in [9.17, 15) is 14.7 Å². The first-order valence-electron chi connectivity index (χ1n) is 10.6. The van der Waals surface area contributed by atoms with E-state index in [2.05, 4.69) is 19.2 Å². The van der Waals surface area contributed by atoms with Crippen LogP contribution >= 0.6 is 0 Å². The summed E-state index contributed by atoms with van der Waals surface area (Å²) in [6.07, 6.45) is 0.806. The molecule has 2 N–H and O–H groups in total. The monoisotopic (exact) mass is 426 g/mol. The maximum absolute atomic E-state index is 12.6. The van der Waals surface area contributed by atoms with Gasteiger partial charge in [-0.3, -0.25) is 4.79 Å². The first kappa shape index (κ1) is 22.5. The lowest BCUT2D eigenvalue weighted by molar-refractivity contribution is -0.126. The molecule has 1 aliphatic rings. The molecular formula is C24H30N2O5. The van der Waals surface area contributed by atoms with Crippen molar-refractivity contribution >= 4 is 12.0 Å². The Labute approximate surface area is 183 Å². The van der Waals surface area contributed by atoms with E-state index < -0.39 is 0 Å². The molecule has 1 saturated heterocycles. The number of hydrogen-bond acceptors (Lipinski definition) is 5. The second-order valence-corrected chi connectivity index (χ2v) is 8.05. The van der Waals surface area contributed by atoms with E-state index in [1.165, 1.54) is 7.11 Å². The van der Waals surface area contributed by atoms with Gasteiger partial charge in [-0.2, -0.15) is 0 Å². The number of carbonyl (C=O) groups excluding carboxylic acids is 2. The number of ether oxygens (including phenoxy) is 2. The molecule has 1 aliphatic heterocycles. The van der Waals surface area contributed by atoms with Gasteiger partial charge < -0.3 is 24.8 Å². The minimum atomic E-state index is -0.372. The quantitative estimate of drug-likeness (QED) is 0.728. The molecule has 0 unspecified atom stereocenters. The molecule has 2 aromatic rings. The predicted octanol–water partition coefficient (Wildman–Crippen LogP) is 4.05. The first-order valence-corrected chi connectivity index (χ1v) is 10.6. The average Bonchev–Trinajstić information content (AvgIpc) is 2.78. The minimum Gasteiger partial charge on any atom is -0.504 e. The Bertz CT molecular complexity index is 920. The van der Waals surface area contributed by atoms with E-state index in [0.717, 1.165) is 11.1 Å². The van der Waals surface area contributed by atoms with Gasteiger partial charge in [0.05, 0.1) is 7.11 Å². The van der Waals surface area contributed by atoms with Crippen LogP contribution in [0.1, 0.15) is 43.7 Å². The first-order chi connectivity index (χ1) is 14.9.